The smallest absolute Gasteiger partial charge is 0.241 e. The van der Waals surface area contributed by atoms with Crippen molar-refractivity contribution in [3.8, 4) is 11.3 Å². The number of ether oxygens (including phenoxy) is 1. The molecule has 3 fully saturated rings. The van der Waals surface area contributed by atoms with Crippen molar-refractivity contribution in [2.75, 3.05) is 50.8 Å². The van der Waals surface area contributed by atoms with Crippen LogP contribution in [-0.4, -0.2) is 93.7 Å². The fourth-order valence-corrected chi connectivity index (χ4v) is 6.59. The second-order valence-corrected chi connectivity index (χ2v) is 11.0. The number of β-amino-alcohol motifs (C(OH)–C–C–N with tert-alkyl or cyclic N) is 1. The van der Waals surface area contributed by atoms with Crippen LogP contribution in [0, 0.1) is 0 Å². The molecule has 0 saturated carbocycles. The van der Waals surface area contributed by atoms with Crippen LogP contribution in [0.5, 0.6) is 0 Å². The normalized spacial score (nSPS) is 25.8. The molecule has 3 aliphatic heterocycles. The van der Waals surface area contributed by atoms with E-state index in [1.165, 1.54) is 0 Å². The first-order valence-electron chi connectivity index (χ1n) is 12.3. The third kappa shape index (κ3) is 4.21. The summed E-state index contributed by atoms with van der Waals surface area (Å²) in [6.45, 7) is 3.05. The number of hydrogen-bond acceptors (Lipinski definition) is 5. The zero-order chi connectivity index (χ0) is 24.8. The molecule has 36 heavy (non-hydrogen) atoms. The van der Waals surface area contributed by atoms with Gasteiger partial charge in [-0.05, 0) is 36.8 Å². The van der Waals surface area contributed by atoms with Gasteiger partial charge in [-0.2, -0.15) is 0 Å². The minimum Gasteiger partial charge on any atom is -0.388 e. The molecule has 2 aromatic carbocycles. The van der Waals surface area contributed by atoms with Crippen LogP contribution in [-0.2, 0) is 20.5 Å². The van der Waals surface area contributed by atoms with Gasteiger partial charge in [0.2, 0.25) is 5.91 Å². The first-order valence-corrected chi connectivity index (χ1v) is 13.4. The van der Waals surface area contributed by atoms with Crippen LogP contribution in [0.15, 0.2) is 53.4 Å². The number of anilines is 1. The highest BCUT2D eigenvalue weighted by Gasteiger charge is 2.41. The fraction of sp³-hybridized carbons (Fsp3) is 0.423. The number of fused-ring (bicyclic) bond motifs is 1. The van der Waals surface area contributed by atoms with Gasteiger partial charge in [-0.1, -0.05) is 18.2 Å². The van der Waals surface area contributed by atoms with Crippen molar-refractivity contribution in [3.05, 3.63) is 48.5 Å². The molecular formula is C26H29FN4O4S. The summed E-state index contributed by atoms with van der Waals surface area (Å²) in [6, 6.07) is 15.0. The topological polar surface area (TPSA) is 89.1 Å². The molecule has 2 N–H and O–H groups in total. The lowest BCUT2D eigenvalue weighted by Crippen LogP contribution is -2.58. The number of aromatic nitrogens is 1. The number of aliphatic hydroxyl groups excluding tert-OH is 1. The number of aliphatic hydroxyl groups is 1. The number of morpholine rings is 1. The molecule has 0 bridgehead atoms. The van der Waals surface area contributed by atoms with E-state index in [-0.39, 0.29) is 19.0 Å². The zero-order valence-corrected chi connectivity index (χ0v) is 20.6. The number of amides is 1. The molecule has 1 amide bonds. The van der Waals surface area contributed by atoms with Gasteiger partial charge in [0.25, 0.3) is 0 Å². The van der Waals surface area contributed by atoms with Gasteiger partial charge >= 0.3 is 0 Å². The highest BCUT2D eigenvalue weighted by molar-refractivity contribution is 7.82. The molecule has 3 saturated heterocycles. The van der Waals surface area contributed by atoms with Crippen molar-refractivity contribution in [2.24, 2.45) is 0 Å². The van der Waals surface area contributed by atoms with Gasteiger partial charge in [0, 0.05) is 54.0 Å². The van der Waals surface area contributed by atoms with E-state index in [9.17, 15) is 18.5 Å². The van der Waals surface area contributed by atoms with E-state index in [2.05, 4.69) is 4.98 Å². The summed E-state index contributed by atoms with van der Waals surface area (Å²) in [6.07, 6.45) is -1.68. The van der Waals surface area contributed by atoms with E-state index >= 15 is 0 Å². The van der Waals surface area contributed by atoms with Gasteiger partial charge in [-0.3, -0.25) is 4.79 Å². The third-order valence-electron chi connectivity index (χ3n) is 7.34. The number of carbonyl (C=O) groups is 1. The molecule has 4 unspecified atom stereocenters. The Morgan fingerprint density at radius 2 is 1.89 bits per heavy atom. The van der Waals surface area contributed by atoms with E-state index in [0.717, 1.165) is 27.8 Å². The largest absolute Gasteiger partial charge is 0.388 e. The predicted octanol–water partition coefficient (Wildman–Crippen LogP) is 2.31. The number of benzene rings is 2. The van der Waals surface area contributed by atoms with E-state index in [1.54, 1.807) is 15.3 Å². The number of nitrogens with one attached hydrogen (secondary N) is 1. The van der Waals surface area contributed by atoms with Crippen molar-refractivity contribution < 1.29 is 23.2 Å². The number of nitrogens with zero attached hydrogens (tertiary/aromatic N) is 3. The predicted molar refractivity (Wildman–Crippen MR) is 136 cm³/mol. The van der Waals surface area contributed by atoms with Crippen molar-refractivity contribution in [3.63, 3.8) is 0 Å². The second kappa shape index (κ2) is 9.59. The Hall–Kier alpha value is -2.79. The minimum atomic E-state index is -1.52. The Morgan fingerprint density at radius 3 is 2.58 bits per heavy atom. The average molecular weight is 513 g/mol. The van der Waals surface area contributed by atoms with Gasteiger partial charge in [0.05, 0.1) is 24.7 Å². The Balaban J connectivity index is 1.32. The van der Waals surface area contributed by atoms with E-state index < -0.39 is 29.3 Å². The van der Waals surface area contributed by atoms with Crippen molar-refractivity contribution in [1.29, 1.82) is 0 Å². The summed E-state index contributed by atoms with van der Waals surface area (Å²) in [7, 11) is -1.52. The van der Waals surface area contributed by atoms with Gasteiger partial charge in [0.15, 0.2) is 0 Å². The van der Waals surface area contributed by atoms with Crippen LogP contribution in [0.1, 0.15) is 6.42 Å². The number of para-hydroxylation sites is 1. The second-order valence-electron chi connectivity index (χ2n) is 9.57. The molecule has 3 aliphatic rings. The molecule has 4 atom stereocenters. The van der Waals surface area contributed by atoms with Crippen molar-refractivity contribution >= 4 is 33.5 Å². The Bertz CT molecular complexity index is 1270. The zero-order valence-electron chi connectivity index (χ0n) is 19.8. The summed E-state index contributed by atoms with van der Waals surface area (Å²) >= 11 is 0. The van der Waals surface area contributed by atoms with Crippen LogP contribution in [0.3, 0.4) is 0 Å². The Morgan fingerprint density at radius 1 is 1.08 bits per heavy atom. The van der Waals surface area contributed by atoms with Gasteiger partial charge < -0.3 is 24.6 Å². The molecule has 8 nitrogen and oxygen atoms in total. The van der Waals surface area contributed by atoms with E-state index in [4.69, 9.17) is 4.74 Å². The first kappa shape index (κ1) is 23.6. The summed E-state index contributed by atoms with van der Waals surface area (Å²) in [5.41, 5.74) is 3.35. The maximum Gasteiger partial charge on any atom is 0.241 e. The highest BCUT2D eigenvalue weighted by atomic mass is 32.2. The average Bonchev–Trinajstić information content (AvgIpc) is 3.46. The maximum atomic E-state index is 14.2. The standard InChI is InChI=1S/C26H29FN4O4S/c27-20-15-30(16-25(20)32)23-6-5-18(14-19(23)22-13-17-3-1-2-4-21(17)28-22)36(34)31-8-7-24(31)26(33)29-9-11-35-12-10-29/h1-6,13-14,20,24-25,28,32H,7-12,15-16H2. The summed E-state index contributed by atoms with van der Waals surface area (Å²) in [5, 5.41) is 11.1. The number of carbonyl (C=O) groups excluding carboxylic acids is 1. The minimum absolute atomic E-state index is 0.00500. The third-order valence-corrected chi connectivity index (χ3v) is 8.86. The van der Waals surface area contributed by atoms with Gasteiger partial charge in [-0.15, -0.1) is 0 Å². The maximum absolute atomic E-state index is 14.2. The number of rotatable bonds is 5. The Kier molecular flexibility index (Phi) is 6.28. The number of aromatic amines is 1. The molecule has 190 valence electrons. The highest BCUT2D eigenvalue weighted by Crippen LogP contribution is 2.37. The molecule has 6 rings (SSSR count). The van der Waals surface area contributed by atoms with Crippen LogP contribution in [0.4, 0.5) is 10.1 Å². The lowest BCUT2D eigenvalue weighted by Gasteiger charge is -2.41. The SMILES string of the molecule is O=C(C1CCN1S(=O)c1ccc(N2CC(O)C(F)C2)c(-c2cc3ccccc3[nH]2)c1)N1CCOCC1. The quantitative estimate of drug-likeness (QED) is 0.548. The molecule has 10 heteroatoms. The number of H-pyrrole nitrogens is 1. The summed E-state index contributed by atoms with van der Waals surface area (Å²) < 4.78 is 34.9. The Labute approximate surface area is 211 Å². The molecule has 3 aromatic rings. The molecule has 0 aliphatic carbocycles. The monoisotopic (exact) mass is 512 g/mol. The number of alkyl halides is 1. The molecule has 0 radical (unpaired) electrons. The van der Waals surface area contributed by atoms with Crippen LogP contribution in [0.2, 0.25) is 0 Å². The van der Waals surface area contributed by atoms with Crippen LogP contribution >= 0.6 is 0 Å². The fourth-order valence-electron chi connectivity index (χ4n) is 5.22. The lowest BCUT2D eigenvalue weighted by molar-refractivity contribution is -0.142. The molecule has 4 heterocycles. The van der Waals surface area contributed by atoms with E-state index in [0.29, 0.717) is 44.2 Å². The van der Waals surface area contributed by atoms with Crippen LogP contribution in [0.25, 0.3) is 22.2 Å². The molecule has 1 aromatic heterocycles. The number of halogens is 1. The van der Waals surface area contributed by atoms with E-state index in [1.807, 2.05) is 47.4 Å². The summed E-state index contributed by atoms with van der Waals surface area (Å²) in [5.74, 6) is 0.00500. The van der Waals surface area contributed by atoms with Gasteiger partial charge in [0.1, 0.15) is 29.3 Å². The van der Waals surface area contributed by atoms with Crippen molar-refractivity contribution in [1.82, 2.24) is 14.2 Å². The molecular weight excluding hydrogens is 483 g/mol. The van der Waals surface area contributed by atoms with Crippen LogP contribution < -0.4 is 4.90 Å². The van der Waals surface area contributed by atoms with Gasteiger partial charge in [-0.25, -0.2) is 12.9 Å². The molecule has 0 spiro atoms. The summed E-state index contributed by atoms with van der Waals surface area (Å²) in [4.78, 5) is 20.7. The first-order chi connectivity index (χ1) is 17.5. The lowest BCUT2D eigenvalue weighted by atomic mass is 10.1. The van der Waals surface area contributed by atoms with Crippen molar-refractivity contribution in [2.45, 2.75) is 29.6 Å². The number of hydrogen-bond donors (Lipinski definition) is 2.